The molecular weight excluding hydrogens is 218 g/mol. The summed E-state index contributed by atoms with van der Waals surface area (Å²) in [5, 5.41) is 9.07. The lowest BCUT2D eigenvalue weighted by atomic mass is 9.89. The van der Waals surface area contributed by atoms with E-state index in [1.165, 1.54) is 0 Å². The molecule has 4 heteroatoms. The van der Waals surface area contributed by atoms with Gasteiger partial charge in [-0.2, -0.15) is 0 Å². The minimum absolute atomic E-state index is 0.350. The fraction of sp³-hybridized carbons (Fsp3) is 0.923. The second-order valence-electron chi connectivity index (χ2n) is 5.47. The Bertz CT molecular complexity index is 247. The molecule has 1 saturated heterocycles. The van der Waals surface area contributed by atoms with E-state index < -0.39 is 11.4 Å². The zero-order valence-corrected chi connectivity index (χ0v) is 11.2. The van der Waals surface area contributed by atoms with Gasteiger partial charge in [0.15, 0.2) is 0 Å². The Morgan fingerprint density at radius 1 is 1.53 bits per heavy atom. The molecule has 0 bridgehead atoms. The molecule has 4 nitrogen and oxygen atoms in total. The number of rotatable bonds is 7. The van der Waals surface area contributed by atoms with E-state index in [9.17, 15) is 4.79 Å². The first-order valence-electron chi connectivity index (χ1n) is 6.53. The summed E-state index contributed by atoms with van der Waals surface area (Å²) >= 11 is 0. The molecule has 1 atom stereocenters. The van der Waals surface area contributed by atoms with E-state index >= 15 is 0 Å². The highest BCUT2D eigenvalue weighted by Crippen LogP contribution is 2.21. The first-order chi connectivity index (χ1) is 7.95. The maximum absolute atomic E-state index is 11.0. The maximum atomic E-state index is 11.0. The molecule has 0 saturated carbocycles. The molecule has 0 aromatic rings. The SMILES string of the molecule is CCN(CCC(C)(C)C(=O)O)CC1CCCO1. The molecule has 0 aliphatic carbocycles. The standard InChI is InChI=1S/C13H25NO3/c1-4-14(10-11-6-5-9-17-11)8-7-13(2,3)12(15)16/h11H,4-10H2,1-3H3,(H,15,16). The number of carboxylic acid groups (broad SMARTS) is 1. The summed E-state index contributed by atoms with van der Waals surface area (Å²) in [6.07, 6.45) is 3.33. The summed E-state index contributed by atoms with van der Waals surface area (Å²) in [4.78, 5) is 13.3. The highest BCUT2D eigenvalue weighted by Gasteiger charge is 2.28. The predicted octanol–water partition coefficient (Wildman–Crippen LogP) is 1.99. The van der Waals surface area contributed by atoms with Crippen molar-refractivity contribution in [3.63, 3.8) is 0 Å². The Balaban J connectivity index is 2.33. The van der Waals surface area contributed by atoms with Crippen LogP contribution in [0.25, 0.3) is 0 Å². The molecule has 1 fully saturated rings. The molecule has 1 aliphatic heterocycles. The number of ether oxygens (including phenoxy) is 1. The summed E-state index contributed by atoms with van der Waals surface area (Å²) in [7, 11) is 0. The smallest absolute Gasteiger partial charge is 0.309 e. The molecule has 0 radical (unpaired) electrons. The third-order valence-electron chi connectivity index (χ3n) is 3.57. The summed E-state index contributed by atoms with van der Waals surface area (Å²) in [5.74, 6) is -0.717. The van der Waals surface area contributed by atoms with Gasteiger partial charge in [0.2, 0.25) is 0 Å². The summed E-state index contributed by atoms with van der Waals surface area (Å²) < 4.78 is 5.61. The highest BCUT2D eigenvalue weighted by molar-refractivity contribution is 5.73. The van der Waals surface area contributed by atoms with Crippen molar-refractivity contribution < 1.29 is 14.6 Å². The zero-order chi connectivity index (χ0) is 12.9. The molecule has 1 rings (SSSR count). The van der Waals surface area contributed by atoms with Crippen LogP contribution >= 0.6 is 0 Å². The minimum atomic E-state index is -0.717. The average Bonchev–Trinajstić information content (AvgIpc) is 2.76. The lowest BCUT2D eigenvalue weighted by Gasteiger charge is -2.27. The first kappa shape index (κ1) is 14.5. The van der Waals surface area contributed by atoms with Crippen LogP contribution in [0.3, 0.4) is 0 Å². The zero-order valence-electron chi connectivity index (χ0n) is 11.2. The predicted molar refractivity (Wildman–Crippen MR) is 67.1 cm³/mol. The van der Waals surface area contributed by atoms with Crippen molar-refractivity contribution in [2.45, 2.75) is 46.1 Å². The molecule has 100 valence electrons. The quantitative estimate of drug-likeness (QED) is 0.743. The molecule has 0 amide bonds. The number of nitrogens with zero attached hydrogens (tertiary/aromatic N) is 1. The van der Waals surface area contributed by atoms with Gasteiger partial charge in [-0.15, -0.1) is 0 Å². The molecule has 1 heterocycles. The number of hydrogen-bond acceptors (Lipinski definition) is 3. The summed E-state index contributed by atoms with van der Waals surface area (Å²) in [6.45, 7) is 9.29. The van der Waals surface area contributed by atoms with Crippen LogP contribution in [0.5, 0.6) is 0 Å². The van der Waals surface area contributed by atoms with Gasteiger partial charge in [0, 0.05) is 13.2 Å². The van der Waals surface area contributed by atoms with Crippen LogP contribution in [-0.4, -0.2) is 48.3 Å². The Morgan fingerprint density at radius 3 is 2.71 bits per heavy atom. The van der Waals surface area contributed by atoms with E-state index in [0.717, 1.165) is 39.1 Å². The molecule has 17 heavy (non-hydrogen) atoms. The van der Waals surface area contributed by atoms with E-state index in [1.807, 2.05) is 0 Å². The number of hydrogen-bond donors (Lipinski definition) is 1. The van der Waals surface area contributed by atoms with Crippen molar-refractivity contribution in [1.29, 1.82) is 0 Å². The van der Waals surface area contributed by atoms with Gasteiger partial charge < -0.3 is 14.7 Å². The second kappa shape index (κ2) is 6.36. The van der Waals surface area contributed by atoms with Crippen molar-refractivity contribution in [2.75, 3.05) is 26.2 Å². The van der Waals surface area contributed by atoms with Crippen LogP contribution in [0, 0.1) is 5.41 Å². The Labute approximate surface area is 104 Å². The monoisotopic (exact) mass is 243 g/mol. The van der Waals surface area contributed by atoms with Gasteiger partial charge in [0.25, 0.3) is 0 Å². The lowest BCUT2D eigenvalue weighted by molar-refractivity contribution is -0.147. The van der Waals surface area contributed by atoms with Crippen LogP contribution < -0.4 is 0 Å². The van der Waals surface area contributed by atoms with Gasteiger partial charge in [-0.05, 0) is 46.2 Å². The van der Waals surface area contributed by atoms with E-state index in [4.69, 9.17) is 9.84 Å². The topological polar surface area (TPSA) is 49.8 Å². The van der Waals surface area contributed by atoms with Gasteiger partial charge in [-0.1, -0.05) is 6.92 Å². The highest BCUT2D eigenvalue weighted by atomic mass is 16.5. The molecule has 1 aliphatic rings. The van der Waals surface area contributed by atoms with Crippen LogP contribution in [0.15, 0.2) is 0 Å². The van der Waals surface area contributed by atoms with E-state index in [-0.39, 0.29) is 0 Å². The number of aliphatic carboxylic acids is 1. The van der Waals surface area contributed by atoms with E-state index in [2.05, 4.69) is 11.8 Å². The fourth-order valence-corrected chi connectivity index (χ4v) is 2.00. The van der Waals surface area contributed by atoms with Crippen LogP contribution in [0.1, 0.15) is 40.0 Å². The van der Waals surface area contributed by atoms with Gasteiger partial charge in [0.05, 0.1) is 11.5 Å². The number of likely N-dealkylation sites (N-methyl/N-ethyl adjacent to an activating group) is 1. The van der Waals surface area contributed by atoms with Crippen LogP contribution in [0.2, 0.25) is 0 Å². The molecule has 1 unspecified atom stereocenters. The van der Waals surface area contributed by atoms with Crippen LogP contribution in [-0.2, 0) is 9.53 Å². The molecule has 1 N–H and O–H groups in total. The van der Waals surface area contributed by atoms with Crippen molar-refractivity contribution in [3.8, 4) is 0 Å². The Hall–Kier alpha value is -0.610. The molecule has 0 aromatic heterocycles. The normalized spacial score (nSPS) is 21.1. The van der Waals surface area contributed by atoms with E-state index in [0.29, 0.717) is 12.5 Å². The lowest BCUT2D eigenvalue weighted by Crippen LogP contribution is -2.36. The van der Waals surface area contributed by atoms with Crippen molar-refractivity contribution in [3.05, 3.63) is 0 Å². The van der Waals surface area contributed by atoms with Gasteiger partial charge in [-0.25, -0.2) is 0 Å². The third-order valence-corrected chi connectivity index (χ3v) is 3.57. The minimum Gasteiger partial charge on any atom is -0.481 e. The second-order valence-corrected chi connectivity index (χ2v) is 5.47. The molecular formula is C13H25NO3. The Morgan fingerprint density at radius 2 is 2.24 bits per heavy atom. The van der Waals surface area contributed by atoms with Crippen molar-refractivity contribution >= 4 is 5.97 Å². The molecule has 0 aromatic carbocycles. The number of carboxylic acids is 1. The maximum Gasteiger partial charge on any atom is 0.309 e. The number of carbonyl (C=O) groups is 1. The molecule has 0 spiro atoms. The summed E-state index contributed by atoms with van der Waals surface area (Å²) in [5.41, 5.74) is -0.635. The van der Waals surface area contributed by atoms with E-state index in [1.54, 1.807) is 13.8 Å². The largest absolute Gasteiger partial charge is 0.481 e. The fourth-order valence-electron chi connectivity index (χ4n) is 2.00. The first-order valence-corrected chi connectivity index (χ1v) is 6.53. The van der Waals surface area contributed by atoms with Gasteiger partial charge >= 0.3 is 5.97 Å². The Kier molecular flexibility index (Phi) is 5.40. The average molecular weight is 243 g/mol. The van der Waals surface area contributed by atoms with Crippen LogP contribution in [0.4, 0.5) is 0 Å². The van der Waals surface area contributed by atoms with Crippen molar-refractivity contribution in [1.82, 2.24) is 4.90 Å². The third kappa shape index (κ3) is 4.64. The van der Waals surface area contributed by atoms with Gasteiger partial charge in [0.1, 0.15) is 0 Å². The van der Waals surface area contributed by atoms with Gasteiger partial charge in [-0.3, -0.25) is 4.79 Å². The summed E-state index contributed by atoms with van der Waals surface area (Å²) in [6, 6.07) is 0. The van der Waals surface area contributed by atoms with Crippen molar-refractivity contribution in [2.24, 2.45) is 5.41 Å².